The second kappa shape index (κ2) is 7.51. The molecule has 3 rings (SSSR count). The summed E-state index contributed by atoms with van der Waals surface area (Å²) in [6.45, 7) is 2.07. The van der Waals surface area contributed by atoms with Crippen LogP contribution in [0.3, 0.4) is 0 Å². The highest BCUT2D eigenvalue weighted by Gasteiger charge is 2.18. The van der Waals surface area contributed by atoms with E-state index in [0.717, 1.165) is 28.0 Å². The van der Waals surface area contributed by atoms with Gasteiger partial charge in [-0.2, -0.15) is 0 Å². The van der Waals surface area contributed by atoms with E-state index in [0.29, 0.717) is 5.94 Å². The molecule has 124 valence electrons. The van der Waals surface area contributed by atoms with Crippen molar-refractivity contribution in [1.82, 2.24) is 14.8 Å². The Kier molecular flexibility index (Phi) is 5.17. The number of aryl methyl sites for hydroxylation is 1. The number of methoxy groups -OCH3 is 2. The fourth-order valence-corrected chi connectivity index (χ4v) is 3.05. The average Bonchev–Trinajstić information content (AvgIpc) is 3.04. The highest BCUT2D eigenvalue weighted by Crippen LogP contribution is 2.33. The quantitative estimate of drug-likeness (QED) is 0.502. The summed E-state index contributed by atoms with van der Waals surface area (Å²) in [7, 11) is 3.33. The average molecular weight is 341 g/mol. The lowest BCUT2D eigenvalue weighted by Gasteiger charge is -2.12. The Morgan fingerprint density at radius 1 is 1.00 bits per heavy atom. The van der Waals surface area contributed by atoms with Crippen LogP contribution in [0, 0.1) is 6.92 Å². The zero-order valence-electron chi connectivity index (χ0n) is 13.9. The fourth-order valence-electron chi connectivity index (χ4n) is 2.41. The molecule has 0 unspecified atom stereocenters. The van der Waals surface area contributed by atoms with Gasteiger partial charge in [0.1, 0.15) is 5.75 Å². The normalized spacial score (nSPS) is 10.8. The molecule has 0 aliphatic rings. The molecule has 0 saturated carbocycles. The van der Waals surface area contributed by atoms with Crippen molar-refractivity contribution in [3.63, 3.8) is 0 Å². The summed E-state index contributed by atoms with van der Waals surface area (Å²) in [4.78, 5) is 0. The number of para-hydroxylation sites is 1. The van der Waals surface area contributed by atoms with Gasteiger partial charge in [-0.1, -0.05) is 41.6 Å². The third kappa shape index (κ3) is 3.29. The van der Waals surface area contributed by atoms with Gasteiger partial charge < -0.3 is 9.47 Å². The van der Waals surface area contributed by atoms with E-state index < -0.39 is 0 Å². The minimum absolute atomic E-state index is 0.510. The van der Waals surface area contributed by atoms with Gasteiger partial charge in [0.25, 0.3) is 0 Å². The molecular formula is C18H19N3O2S. The van der Waals surface area contributed by atoms with Gasteiger partial charge in [-0.05, 0) is 31.2 Å². The van der Waals surface area contributed by atoms with Gasteiger partial charge in [-0.15, -0.1) is 10.2 Å². The van der Waals surface area contributed by atoms with Crippen LogP contribution in [0.1, 0.15) is 5.56 Å². The summed E-state index contributed by atoms with van der Waals surface area (Å²) in [5.41, 5.74) is 3.11. The van der Waals surface area contributed by atoms with Crippen molar-refractivity contribution in [2.45, 2.75) is 12.1 Å². The second-order valence-corrected chi connectivity index (χ2v) is 6.12. The molecule has 1 aromatic heterocycles. The van der Waals surface area contributed by atoms with E-state index in [4.69, 9.17) is 9.47 Å². The Labute approximate surface area is 145 Å². The Balaban J connectivity index is 2.16. The minimum Gasteiger partial charge on any atom is -0.496 e. The van der Waals surface area contributed by atoms with Gasteiger partial charge >= 0.3 is 0 Å². The Morgan fingerprint density at radius 3 is 2.46 bits per heavy atom. The molecule has 0 atom stereocenters. The van der Waals surface area contributed by atoms with Gasteiger partial charge in [0.2, 0.25) is 0 Å². The molecule has 0 aliphatic heterocycles. The first-order chi connectivity index (χ1) is 11.7. The maximum atomic E-state index is 5.49. The monoisotopic (exact) mass is 341 g/mol. The van der Waals surface area contributed by atoms with Gasteiger partial charge in [-0.25, -0.2) is 0 Å². The first kappa shape index (κ1) is 16.5. The predicted molar refractivity (Wildman–Crippen MR) is 95.8 cm³/mol. The first-order valence-electron chi connectivity index (χ1n) is 7.52. The number of rotatable bonds is 6. The number of hydrogen-bond acceptors (Lipinski definition) is 5. The zero-order chi connectivity index (χ0) is 16.9. The smallest absolute Gasteiger partial charge is 0.198 e. The number of nitrogens with zero attached hydrogens (tertiary/aromatic N) is 3. The topological polar surface area (TPSA) is 49.2 Å². The largest absolute Gasteiger partial charge is 0.496 e. The third-order valence-corrected chi connectivity index (χ3v) is 4.46. The number of ether oxygens (including phenoxy) is 2. The van der Waals surface area contributed by atoms with E-state index >= 15 is 0 Å². The van der Waals surface area contributed by atoms with Crippen molar-refractivity contribution in [1.29, 1.82) is 0 Å². The Hall–Kier alpha value is -2.31. The van der Waals surface area contributed by atoms with Crippen LogP contribution in [0.15, 0.2) is 53.7 Å². The standard InChI is InChI=1S/C18H19N3O2S/c1-13-8-10-14(11-9-13)21-17(19-20-18(21)24-12-22-2)15-6-4-5-7-16(15)23-3/h4-11H,12H2,1-3H3. The molecule has 0 radical (unpaired) electrons. The van der Waals surface area contributed by atoms with Crippen molar-refractivity contribution < 1.29 is 9.47 Å². The van der Waals surface area contributed by atoms with Crippen LogP contribution < -0.4 is 4.74 Å². The third-order valence-electron chi connectivity index (χ3n) is 3.58. The van der Waals surface area contributed by atoms with Crippen molar-refractivity contribution in [2.24, 2.45) is 0 Å². The van der Waals surface area contributed by atoms with Crippen molar-refractivity contribution in [2.75, 3.05) is 20.2 Å². The minimum atomic E-state index is 0.510. The summed E-state index contributed by atoms with van der Waals surface area (Å²) in [5.74, 6) is 2.02. The molecule has 0 saturated heterocycles. The molecule has 0 N–H and O–H groups in total. The van der Waals surface area contributed by atoms with Gasteiger partial charge in [0.15, 0.2) is 11.0 Å². The number of aromatic nitrogens is 3. The molecule has 0 amide bonds. The molecule has 3 aromatic rings. The van der Waals surface area contributed by atoms with Crippen LogP contribution in [0.5, 0.6) is 5.75 Å². The molecule has 1 heterocycles. The van der Waals surface area contributed by atoms with Crippen molar-refractivity contribution in [3.05, 3.63) is 54.1 Å². The molecule has 6 heteroatoms. The van der Waals surface area contributed by atoms with Crippen LogP contribution in [-0.4, -0.2) is 34.9 Å². The van der Waals surface area contributed by atoms with E-state index in [2.05, 4.69) is 41.4 Å². The van der Waals surface area contributed by atoms with Crippen molar-refractivity contribution in [3.8, 4) is 22.8 Å². The maximum absolute atomic E-state index is 5.49. The lowest BCUT2D eigenvalue weighted by Crippen LogP contribution is -2.01. The highest BCUT2D eigenvalue weighted by molar-refractivity contribution is 7.99. The number of thioether (sulfide) groups is 1. The second-order valence-electron chi connectivity index (χ2n) is 5.23. The number of hydrogen-bond donors (Lipinski definition) is 0. The summed E-state index contributed by atoms with van der Waals surface area (Å²) >= 11 is 1.50. The molecule has 0 aliphatic carbocycles. The highest BCUT2D eigenvalue weighted by atomic mass is 32.2. The summed E-state index contributed by atoms with van der Waals surface area (Å²) in [6, 6.07) is 16.1. The van der Waals surface area contributed by atoms with Gasteiger partial charge in [-0.3, -0.25) is 4.57 Å². The van der Waals surface area contributed by atoms with E-state index in [1.807, 2.05) is 28.8 Å². The van der Waals surface area contributed by atoms with Gasteiger partial charge in [0.05, 0.1) is 18.6 Å². The molecule has 5 nitrogen and oxygen atoms in total. The molecule has 24 heavy (non-hydrogen) atoms. The zero-order valence-corrected chi connectivity index (χ0v) is 14.7. The molecular weight excluding hydrogens is 322 g/mol. The van der Waals surface area contributed by atoms with Crippen LogP contribution in [0.25, 0.3) is 17.1 Å². The van der Waals surface area contributed by atoms with Crippen molar-refractivity contribution >= 4 is 11.8 Å². The van der Waals surface area contributed by atoms with E-state index in [-0.39, 0.29) is 0 Å². The van der Waals surface area contributed by atoms with E-state index in [1.165, 1.54) is 17.3 Å². The summed E-state index contributed by atoms with van der Waals surface area (Å²) in [6.07, 6.45) is 0. The number of benzene rings is 2. The lowest BCUT2D eigenvalue weighted by atomic mass is 10.1. The molecule has 0 spiro atoms. The first-order valence-corrected chi connectivity index (χ1v) is 8.50. The summed E-state index contributed by atoms with van der Waals surface area (Å²) < 4.78 is 12.7. The predicted octanol–water partition coefficient (Wildman–Crippen LogP) is 3.95. The van der Waals surface area contributed by atoms with Gasteiger partial charge in [0, 0.05) is 12.8 Å². The fraction of sp³-hybridized carbons (Fsp3) is 0.222. The van der Waals surface area contributed by atoms with Crippen LogP contribution in [0.2, 0.25) is 0 Å². The molecule has 2 aromatic carbocycles. The summed E-state index contributed by atoms with van der Waals surface area (Å²) in [5, 5.41) is 9.53. The Morgan fingerprint density at radius 2 is 1.75 bits per heavy atom. The molecule has 0 bridgehead atoms. The van der Waals surface area contributed by atoms with Crippen LogP contribution in [0.4, 0.5) is 0 Å². The lowest BCUT2D eigenvalue weighted by molar-refractivity contribution is 0.258. The SMILES string of the molecule is COCSc1nnc(-c2ccccc2OC)n1-c1ccc(C)cc1. The van der Waals surface area contributed by atoms with Crippen LogP contribution >= 0.6 is 11.8 Å². The van der Waals surface area contributed by atoms with E-state index in [1.54, 1.807) is 14.2 Å². The van der Waals surface area contributed by atoms with E-state index in [9.17, 15) is 0 Å². The van der Waals surface area contributed by atoms with Crippen LogP contribution in [-0.2, 0) is 4.74 Å². The molecule has 0 fully saturated rings. The maximum Gasteiger partial charge on any atom is 0.198 e. The Bertz CT molecular complexity index is 815.